The van der Waals surface area contributed by atoms with Crippen molar-refractivity contribution in [1.82, 2.24) is 4.90 Å². The summed E-state index contributed by atoms with van der Waals surface area (Å²) in [5.41, 5.74) is 1.37. The van der Waals surface area contributed by atoms with Crippen molar-refractivity contribution in [2.75, 3.05) is 20.3 Å². The monoisotopic (exact) mass is 439 g/mol. The number of benzene rings is 2. The molecule has 0 radical (unpaired) electrons. The second-order valence-corrected chi connectivity index (χ2v) is 7.84. The van der Waals surface area contributed by atoms with Crippen LogP contribution in [-0.2, 0) is 4.79 Å². The summed E-state index contributed by atoms with van der Waals surface area (Å²) in [6, 6.07) is 12.5. The van der Waals surface area contributed by atoms with Crippen LogP contribution in [0.25, 0.3) is 6.08 Å². The number of ketones is 1. The van der Waals surface area contributed by atoms with Crippen molar-refractivity contribution >= 4 is 17.8 Å². The molecule has 0 saturated carbocycles. The van der Waals surface area contributed by atoms with E-state index in [0.29, 0.717) is 29.4 Å². The third-order valence-electron chi connectivity index (χ3n) is 4.82. The van der Waals surface area contributed by atoms with Crippen LogP contribution in [0.5, 0.6) is 17.2 Å². The van der Waals surface area contributed by atoms with Gasteiger partial charge in [0.2, 0.25) is 0 Å². The van der Waals surface area contributed by atoms with Crippen molar-refractivity contribution in [3.63, 3.8) is 0 Å². The van der Waals surface area contributed by atoms with Gasteiger partial charge in [-0.1, -0.05) is 12.1 Å². The highest BCUT2D eigenvalue weighted by Crippen LogP contribution is 2.29. The van der Waals surface area contributed by atoms with Crippen molar-refractivity contribution in [2.24, 2.45) is 0 Å². The molecule has 0 atom stereocenters. The molecule has 2 aromatic carbocycles. The Kier molecular flexibility index (Phi) is 9.32. The number of nitrogens with zero attached hydrogens (tertiary/aromatic N) is 1. The number of allylic oxidation sites excluding steroid dienone is 1. The molecule has 0 fully saturated rings. The quantitative estimate of drug-likeness (QED) is 0.364. The average Bonchev–Trinajstić information content (AvgIpc) is 2.76. The lowest BCUT2D eigenvalue weighted by Gasteiger charge is -2.30. The number of carbonyl (C=O) groups excluding carboxylic acids is 2. The predicted molar refractivity (Wildman–Crippen MR) is 127 cm³/mol. The van der Waals surface area contributed by atoms with E-state index >= 15 is 0 Å². The first kappa shape index (κ1) is 25.0. The second kappa shape index (κ2) is 11.9. The van der Waals surface area contributed by atoms with E-state index < -0.39 is 0 Å². The molecule has 32 heavy (non-hydrogen) atoms. The van der Waals surface area contributed by atoms with Crippen LogP contribution in [0, 0.1) is 0 Å². The van der Waals surface area contributed by atoms with E-state index in [1.54, 1.807) is 54.5 Å². The SMILES string of the molecule is CCOc1cc(/C=C/C(=O)c2ccc(OC)cc2)ccc1OCC(=O)N(C(C)C)C(C)C. The van der Waals surface area contributed by atoms with Gasteiger partial charge in [0.05, 0.1) is 13.7 Å². The minimum Gasteiger partial charge on any atom is -0.497 e. The van der Waals surface area contributed by atoms with Gasteiger partial charge in [0.15, 0.2) is 23.9 Å². The number of hydrogen-bond acceptors (Lipinski definition) is 5. The molecule has 0 unspecified atom stereocenters. The Hall–Kier alpha value is -3.28. The first-order valence-corrected chi connectivity index (χ1v) is 10.8. The molecule has 0 spiro atoms. The summed E-state index contributed by atoms with van der Waals surface area (Å²) in [6.45, 7) is 10.2. The fourth-order valence-electron chi connectivity index (χ4n) is 3.43. The third kappa shape index (κ3) is 6.87. The number of methoxy groups -OCH3 is 1. The molecule has 0 saturated heterocycles. The number of rotatable bonds is 11. The van der Waals surface area contributed by atoms with Gasteiger partial charge in [-0.25, -0.2) is 0 Å². The molecule has 2 aromatic rings. The Balaban J connectivity index is 2.11. The van der Waals surface area contributed by atoms with Gasteiger partial charge in [-0.2, -0.15) is 0 Å². The molecule has 0 aliphatic carbocycles. The predicted octanol–water partition coefficient (Wildman–Crippen LogP) is 5.01. The molecule has 0 bridgehead atoms. The molecule has 1 amide bonds. The van der Waals surface area contributed by atoms with E-state index in [-0.39, 0.29) is 30.4 Å². The van der Waals surface area contributed by atoms with Gasteiger partial charge in [-0.15, -0.1) is 0 Å². The van der Waals surface area contributed by atoms with Crippen molar-refractivity contribution in [2.45, 2.75) is 46.7 Å². The largest absolute Gasteiger partial charge is 0.497 e. The fourth-order valence-corrected chi connectivity index (χ4v) is 3.43. The Morgan fingerprint density at radius 3 is 2.16 bits per heavy atom. The number of amides is 1. The Labute approximate surface area is 190 Å². The summed E-state index contributed by atoms with van der Waals surface area (Å²) >= 11 is 0. The van der Waals surface area contributed by atoms with Gasteiger partial charge >= 0.3 is 0 Å². The van der Waals surface area contributed by atoms with Crippen LogP contribution in [-0.4, -0.2) is 49.0 Å². The van der Waals surface area contributed by atoms with Gasteiger partial charge < -0.3 is 19.1 Å². The molecule has 0 N–H and O–H groups in total. The Morgan fingerprint density at radius 1 is 0.938 bits per heavy atom. The van der Waals surface area contributed by atoms with Crippen LogP contribution in [0.4, 0.5) is 0 Å². The van der Waals surface area contributed by atoms with Crippen LogP contribution in [0.3, 0.4) is 0 Å². The maximum atomic E-state index is 12.6. The van der Waals surface area contributed by atoms with Gasteiger partial charge in [0.1, 0.15) is 5.75 Å². The Morgan fingerprint density at radius 2 is 1.59 bits per heavy atom. The van der Waals surface area contributed by atoms with E-state index in [0.717, 1.165) is 5.56 Å². The van der Waals surface area contributed by atoms with E-state index in [1.165, 1.54) is 6.08 Å². The minimum absolute atomic E-state index is 0.0679. The molecule has 6 heteroatoms. The molecule has 2 rings (SSSR count). The normalized spacial score (nSPS) is 11.1. The summed E-state index contributed by atoms with van der Waals surface area (Å²) in [5.74, 6) is 1.53. The maximum absolute atomic E-state index is 12.6. The molecule has 0 aliphatic rings. The fraction of sp³-hybridized carbons (Fsp3) is 0.385. The summed E-state index contributed by atoms with van der Waals surface area (Å²) < 4.78 is 16.6. The van der Waals surface area contributed by atoms with Crippen molar-refractivity contribution in [3.8, 4) is 17.2 Å². The lowest BCUT2D eigenvalue weighted by atomic mass is 10.1. The third-order valence-corrected chi connectivity index (χ3v) is 4.82. The lowest BCUT2D eigenvalue weighted by Crippen LogP contribution is -2.44. The minimum atomic E-state index is -0.112. The lowest BCUT2D eigenvalue weighted by molar-refractivity contribution is -0.137. The van der Waals surface area contributed by atoms with Crippen LogP contribution in [0.15, 0.2) is 48.5 Å². The molecule has 0 aromatic heterocycles. The van der Waals surface area contributed by atoms with Crippen LogP contribution in [0.1, 0.15) is 50.5 Å². The highest BCUT2D eigenvalue weighted by atomic mass is 16.5. The first-order valence-electron chi connectivity index (χ1n) is 10.8. The van der Waals surface area contributed by atoms with E-state index in [2.05, 4.69) is 0 Å². The van der Waals surface area contributed by atoms with E-state index in [1.807, 2.05) is 40.7 Å². The average molecular weight is 440 g/mol. The topological polar surface area (TPSA) is 65.1 Å². The van der Waals surface area contributed by atoms with E-state index in [9.17, 15) is 9.59 Å². The van der Waals surface area contributed by atoms with Crippen molar-refractivity contribution < 1.29 is 23.8 Å². The maximum Gasteiger partial charge on any atom is 0.260 e. The van der Waals surface area contributed by atoms with Crippen molar-refractivity contribution in [1.29, 1.82) is 0 Å². The zero-order valence-electron chi connectivity index (χ0n) is 19.8. The van der Waals surface area contributed by atoms with Gasteiger partial charge in [-0.3, -0.25) is 9.59 Å². The summed E-state index contributed by atoms with van der Waals surface area (Å²) in [5, 5.41) is 0. The smallest absolute Gasteiger partial charge is 0.260 e. The zero-order chi connectivity index (χ0) is 23.7. The molecule has 172 valence electrons. The summed E-state index contributed by atoms with van der Waals surface area (Å²) in [7, 11) is 1.58. The van der Waals surface area contributed by atoms with Crippen LogP contribution < -0.4 is 14.2 Å². The highest BCUT2D eigenvalue weighted by molar-refractivity contribution is 6.06. The number of carbonyl (C=O) groups is 2. The standard InChI is InChI=1S/C26H33NO5/c1-7-31-25-16-20(8-14-23(28)21-10-12-22(30-6)13-11-21)9-15-24(25)32-17-26(29)27(18(2)3)19(4)5/h8-16,18-19H,7,17H2,1-6H3/b14-8+. The van der Waals surface area contributed by atoms with Crippen LogP contribution >= 0.6 is 0 Å². The molecular weight excluding hydrogens is 406 g/mol. The second-order valence-electron chi connectivity index (χ2n) is 7.84. The van der Waals surface area contributed by atoms with Crippen molar-refractivity contribution in [3.05, 3.63) is 59.7 Å². The molecular formula is C26H33NO5. The Bertz CT molecular complexity index is 924. The summed E-state index contributed by atoms with van der Waals surface area (Å²) in [4.78, 5) is 26.8. The zero-order valence-corrected chi connectivity index (χ0v) is 19.8. The van der Waals surface area contributed by atoms with Gasteiger partial charge in [0.25, 0.3) is 5.91 Å². The summed E-state index contributed by atoms with van der Waals surface area (Å²) in [6.07, 6.45) is 3.24. The molecule has 6 nitrogen and oxygen atoms in total. The highest BCUT2D eigenvalue weighted by Gasteiger charge is 2.21. The van der Waals surface area contributed by atoms with E-state index in [4.69, 9.17) is 14.2 Å². The number of ether oxygens (including phenoxy) is 3. The molecule has 0 heterocycles. The number of hydrogen-bond donors (Lipinski definition) is 0. The van der Waals surface area contributed by atoms with Gasteiger partial charge in [-0.05, 0) is 82.7 Å². The molecule has 0 aliphatic heterocycles. The van der Waals surface area contributed by atoms with Crippen LogP contribution in [0.2, 0.25) is 0 Å². The van der Waals surface area contributed by atoms with Gasteiger partial charge in [0, 0.05) is 17.6 Å². The first-order chi connectivity index (χ1) is 15.3.